The Bertz CT molecular complexity index is 683. The Kier molecular flexibility index (Phi) is 3.92. The molecule has 0 amide bonds. The van der Waals surface area contributed by atoms with Gasteiger partial charge in [-0.15, -0.1) is 0 Å². The van der Waals surface area contributed by atoms with Gasteiger partial charge in [0.05, 0.1) is 4.92 Å². The summed E-state index contributed by atoms with van der Waals surface area (Å²) in [6, 6.07) is 5.43. The molecule has 8 heteroatoms. The van der Waals surface area contributed by atoms with Crippen molar-refractivity contribution in [3.63, 3.8) is 0 Å². The molecule has 1 heterocycles. The van der Waals surface area contributed by atoms with Crippen molar-refractivity contribution in [1.82, 2.24) is 10.0 Å². The third-order valence-electron chi connectivity index (χ3n) is 4.83. The van der Waals surface area contributed by atoms with E-state index in [1.807, 2.05) is 0 Å². The van der Waals surface area contributed by atoms with Gasteiger partial charge in [-0.1, -0.05) is 12.1 Å². The summed E-state index contributed by atoms with van der Waals surface area (Å²) in [6.07, 6.45) is 3.18. The lowest BCUT2D eigenvalue weighted by molar-refractivity contribution is -0.387. The molecule has 2 fully saturated rings. The minimum Gasteiger partial charge on any atom is -0.317 e. The lowest BCUT2D eigenvalue weighted by Gasteiger charge is -2.23. The summed E-state index contributed by atoms with van der Waals surface area (Å²) >= 11 is 0. The molecule has 1 aromatic carbocycles. The molecule has 1 aliphatic heterocycles. The molecule has 1 spiro atoms. The van der Waals surface area contributed by atoms with Crippen LogP contribution in [0.5, 0.6) is 0 Å². The van der Waals surface area contributed by atoms with Crippen molar-refractivity contribution in [3.8, 4) is 0 Å². The molecular weight excluding hydrogens is 306 g/mol. The van der Waals surface area contributed by atoms with Crippen LogP contribution >= 0.6 is 0 Å². The first-order chi connectivity index (χ1) is 10.4. The zero-order valence-corrected chi connectivity index (χ0v) is 12.9. The quantitative estimate of drug-likeness (QED) is 0.627. The molecule has 120 valence electrons. The Morgan fingerprint density at radius 2 is 2.00 bits per heavy atom. The number of nitro benzene ring substituents is 1. The molecule has 0 radical (unpaired) electrons. The second kappa shape index (κ2) is 5.60. The lowest BCUT2D eigenvalue weighted by atomic mass is 9.92. The molecule has 1 saturated heterocycles. The maximum absolute atomic E-state index is 12.3. The number of nitro groups is 1. The zero-order valence-electron chi connectivity index (χ0n) is 12.1. The monoisotopic (exact) mass is 325 g/mol. The van der Waals surface area contributed by atoms with Gasteiger partial charge in [0.25, 0.3) is 5.69 Å². The van der Waals surface area contributed by atoms with Crippen molar-refractivity contribution in [2.75, 3.05) is 19.6 Å². The summed E-state index contributed by atoms with van der Waals surface area (Å²) in [7, 11) is -3.85. The summed E-state index contributed by atoms with van der Waals surface area (Å²) in [5.74, 6) is 0.340. The Labute approximate surface area is 129 Å². The minimum atomic E-state index is -3.85. The van der Waals surface area contributed by atoms with Crippen molar-refractivity contribution in [3.05, 3.63) is 34.4 Å². The number of nitrogens with zero attached hydrogens (tertiary/aromatic N) is 1. The highest BCUT2D eigenvalue weighted by Gasteiger charge is 2.53. The predicted molar refractivity (Wildman–Crippen MR) is 80.9 cm³/mol. The average Bonchev–Trinajstić information content (AvgIpc) is 3.18. The standard InChI is InChI=1S/C14H19N3O4S/c18-17(19)12-3-1-2-4-13(12)22(20,21)16-10-11-9-14(11)5-7-15-8-6-14/h1-4,11,15-16H,5-10H2. The van der Waals surface area contributed by atoms with Crippen molar-refractivity contribution >= 4 is 15.7 Å². The summed E-state index contributed by atoms with van der Waals surface area (Å²) < 4.78 is 27.2. The molecule has 2 N–H and O–H groups in total. The van der Waals surface area contributed by atoms with E-state index in [2.05, 4.69) is 10.0 Å². The topological polar surface area (TPSA) is 101 Å². The Hall–Kier alpha value is -1.51. The van der Waals surface area contributed by atoms with Gasteiger partial charge < -0.3 is 5.32 Å². The minimum absolute atomic E-state index is 0.264. The summed E-state index contributed by atoms with van der Waals surface area (Å²) in [6.45, 7) is 2.31. The van der Waals surface area contributed by atoms with Gasteiger partial charge in [0.1, 0.15) is 0 Å². The van der Waals surface area contributed by atoms with Crippen LogP contribution < -0.4 is 10.0 Å². The molecule has 1 atom stereocenters. The maximum Gasteiger partial charge on any atom is 0.289 e. The van der Waals surface area contributed by atoms with E-state index in [0.717, 1.165) is 32.4 Å². The van der Waals surface area contributed by atoms with Crippen LogP contribution in [0.25, 0.3) is 0 Å². The second-order valence-corrected chi connectivity index (χ2v) is 7.83. The molecule has 1 saturated carbocycles. The van der Waals surface area contributed by atoms with E-state index in [0.29, 0.717) is 12.5 Å². The fourth-order valence-electron chi connectivity index (χ4n) is 3.38. The first-order valence-corrected chi connectivity index (χ1v) is 8.87. The molecule has 0 bridgehead atoms. The van der Waals surface area contributed by atoms with E-state index >= 15 is 0 Å². The van der Waals surface area contributed by atoms with Gasteiger partial charge in [0.2, 0.25) is 10.0 Å². The molecule has 1 unspecified atom stereocenters. The SMILES string of the molecule is O=[N+]([O-])c1ccccc1S(=O)(=O)NCC1CC12CCNCC2. The highest BCUT2D eigenvalue weighted by molar-refractivity contribution is 7.89. The molecule has 0 aromatic heterocycles. The molecule has 1 aromatic rings. The number of para-hydroxylation sites is 1. The van der Waals surface area contributed by atoms with Crippen LogP contribution in [0.1, 0.15) is 19.3 Å². The van der Waals surface area contributed by atoms with Crippen LogP contribution in [0.2, 0.25) is 0 Å². The normalized spacial score (nSPS) is 23.4. The number of hydrogen-bond donors (Lipinski definition) is 2. The Morgan fingerprint density at radius 3 is 2.68 bits per heavy atom. The highest BCUT2D eigenvalue weighted by atomic mass is 32.2. The first kappa shape index (κ1) is 15.4. The number of nitrogens with one attached hydrogen (secondary N) is 2. The lowest BCUT2D eigenvalue weighted by Crippen LogP contribution is -2.32. The smallest absolute Gasteiger partial charge is 0.289 e. The fraction of sp³-hybridized carbons (Fsp3) is 0.571. The number of benzene rings is 1. The van der Waals surface area contributed by atoms with Gasteiger partial charge in [0.15, 0.2) is 4.90 Å². The molecule has 3 rings (SSSR count). The Morgan fingerprint density at radius 1 is 1.32 bits per heavy atom. The highest BCUT2D eigenvalue weighted by Crippen LogP contribution is 2.58. The van der Waals surface area contributed by atoms with Gasteiger partial charge in [-0.25, -0.2) is 13.1 Å². The Balaban J connectivity index is 1.69. The second-order valence-electron chi connectivity index (χ2n) is 6.09. The summed E-state index contributed by atoms with van der Waals surface area (Å²) in [5.41, 5.74) is -0.112. The van der Waals surface area contributed by atoms with Crippen LogP contribution in [0.15, 0.2) is 29.2 Å². The summed E-state index contributed by atoms with van der Waals surface area (Å²) in [4.78, 5) is 10.0. The van der Waals surface area contributed by atoms with E-state index in [1.165, 1.54) is 24.3 Å². The van der Waals surface area contributed by atoms with Gasteiger partial charge >= 0.3 is 0 Å². The summed E-state index contributed by atoms with van der Waals surface area (Å²) in [5, 5.41) is 14.3. The molecule has 7 nitrogen and oxygen atoms in total. The number of rotatable bonds is 5. The number of piperidine rings is 1. The van der Waals surface area contributed by atoms with Crippen LogP contribution in [0.4, 0.5) is 5.69 Å². The third-order valence-corrected chi connectivity index (χ3v) is 6.30. The zero-order chi connectivity index (χ0) is 15.8. The van der Waals surface area contributed by atoms with E-state index in [9.17, 15) is 18.5 Å². The van der Waals surface area contributed by atoms with Crippen molar-refractivity contribution < 1.29 is 13.3 Å². The van der Waals surface area contributed by atoms with Crippen molar-refractivity contribution in [2.45, 2.75) is 24.2 Å². The van der Waals surface area contributed by atoms with Crippen molar-refractivity contribution in [2.24, 2.45) is 11.3 Å². The number of hydrogen-bond acceptors (Lipinski definition) is 5. The molecule has 2 aliphatic rings. The van der Waals surface area contributed by atoms with Gasteiger partial charge in [-0.2, -0.15) is 0 Å². The van der Waals surface area contributed by atoms with E-state index < -0.39 is 14.9 Å². The van der Waals surface area contributed by atoms with Crippen LogP contribution in [-0.2, 0) is 10.0 Å². The largest absolute Gasteiger partial charge is 0.317 e. The van der Waals surface area contributed by atoms with E-state index in [4.69, 9.17) is 0 Å². The van der Waals surface area contributed by atoms with Crippen LogP contribution in [0, 0.1) is 21.4 Å². The third kappa shape index (κ3) is 2.86. The number of sulfonamides is 1. The molecule has 22 heavy (non-hydrogen) atoms. The van der Waals surface area contributed by atoms with Crippen LogP contribution in [0.3, 0.4) is 0 Å². The molecule has 1 aliphatic carbocycles. The van der Waals surface area contributed by atoms with E-state index in [-0.39, 0.29) is 16.0 Å². The predicted octanol–water partition coefficient (Wildman–Crippen LogP) is 1.26. The van der Waals surface area contributed by atoms with E-state index in [1.54, 1.807) is 0 Å². The fourth-order valence-corrected chi connectivity index (χ4v) is 4.63. The van der Waals surface area contributed by atoms with Crippen LogP contribution in [-0.4, -0.2) is 33.0 Å². The van der Waals surface area contributed by atoms with Gasteiger partial charge in [0, 0.05) is 12.6 Å². The van der Waals surface area contributed by atoms with Crippen molar-refractivity contribution in [1.29, 1.82) is 0 Å². The maximum atomic E-state index is 12.3. The van der Waals surface area contributed by atoms with Gasteiger partial charge in [-0.3, -0.25) is 10.1 Å². The first-order valence-electron chi connectivity index (χ1n) is 7.38. The van der Waals surface area contributed by atoms with Gasteiger partial charge in [-0.05, 0) is 49.8 Å². The average molecular weight is 325 g/mol. The molecular formula is C14H19N3O4S.